The van der Waals surface area contributed by atoms with Crippen LogP contribution in [0.3, 0.4) is 0 Å². The Morgan fingerprint density at radius 1 is 1.10 bits per heavy atom. The van der Waals surface area contributed by atoms with Crippen molar-refractivity contribution in [3.8, 4) is 11.3 Å². The van der Waals surface area contributed by atoms with Gasteiger partial charge in [-0.1, -0.05) is 15.9 Å². The van der Waals surface area contributed by atoms with E-state index in [1.54, 1.807) is 43.3 Å². The molecule has 1 aliphatic heterocycles. The summed E-state index contributed by atoms with van der Waals surface area (Å²) in [6, 6.07) is 15.2. The van der Waals surface area contributed by atoms with Gasteiger partial charge in [0, 0.05) is 26.6 Å². The van der Waals surface area contributed by atoms with Crippen LogP contribution < -0.4 is 5.01 Å². The maximum absolute atomic E-state index is 12.9. The Kier molecular flexibility index (Phi) is 5.40. The van der Waals surface area contributed by atoms with Crippen LogP contribution in [0.4, 0.5) is 11.4 Å². The van der Waals surface area contributed by atoms with E-state index in [0.29, 0.717) is 38.5 Å². The molecule has 1 aliphatic rings. The number of nitrogens with zero attached hydrogens (tertiary/aromatic N) is 3. The van der Waals surface area contributed by atoms with Gasteiger partial charge in [0.2, 0.25) is 0 Å². The molecule has 0 spiro atoms. The molecule has 7 nitrogen and oxygen atoms in total. The first-order chi connectivity index (χ1) is 14.3. The summed E-state index contributed by atoms with van der Waals surface area (Å²) >= 11 is 6.72. The van der Waals surface area contributed by atoms with Crippen molar-refractivity contribution >= 4 is 60.9 Å². The molecule has 0 radical (unpaired) electrons. The molecule has 4 rings (SSSR count). The molecular formula is C21H13Br2N3O4. The average Bonchev–Trinajstić information content (AvgIpc) is 3.28. The molecule has 0 N–H and O–H groups in total. The Morgan fingerprint density at radius 2 is 1.83 bits per heavy atom. The van der Waals surface area contributed by atoms with E-state index in [1.807, 2.05) is 12.1 Å². The minimum atomic E-state index is -0.461. The molecule has 0 fully saturated rings. The van der Waals surface area contributed by atoms with Gasteiger partial charge < -0.3 is 4.42 Å². The first-order valence-electron chi connectivity index (χ1n) is 8.75. The lowest BCUT2D eigenvalue weighted by molar-refractivity contribution is -0.384. The molecule has 0 saturated heterocycles. The lowest BCUT2D eigenvalue weighted by atomic mass is 10.1. The van der Waals surface area contributed by atoms with Crippen molar-refractivity contribution in [3.05, 3.63) is 85.0 Å². The maximum atomic E-state index is 12.9. The van der Waals surface area contributed by atoms with E-state index in [2.05, 4.69) is 37.0 Å². The lowest BCUT2D eigenvalue weighted by Gasteiger charge is -2.11. The molecule has 9 heteroatoms. The van der Waals surface area contributed by atoms with Gasteiger partial charge in [-0.2, -0.15) is 10.1 Å². The van der Waals surface area contributed by atoms with Gasteiger partial charge >= 0.3 is 0 Å². The van der Waals surface area contributed by atoms with Crippen LogP contribution in [0.1, 0.15) is 12.7 Å². The van der Waals surface area contributed by atoms with Gasteiger partial charge in [0.15, 0.2) is 0 Å². The number of hydrogen-bond donors (Lipinski definition) is 0. The molecule has 150 valence electrons. The summed E-state index contributed by atoms with van der Waals surface area (Å²) in [4.78, 5) is 23.3. The van der Waals surface area contributed by atoms with Crippen LogP contribution in [-0.4, -0.2) is 16.5 Å². The highest BCUT2D eigenvalue weighted by Gasteiger charge is 2.29. The van der Waals surface area contributed by atoms with Crippen molar-refractivity contribution < 1.29 is 14.1 Å². The third-order valence-electron chi connectivity index (χ3n) is 4.48. The quantitative estimate of drug-likeness (QED) is 0.228. The van der Waals surface area contributed by atoms with E-state index in [0.717, 1.165) is 4.47 Å². The number of non-ortho nitro benzene ring substituents is 1. The predicted molar refractivity (Wildman–Crippen MR) is 121 cm³/mol. The first kappa shape index (κ1) is 20.2. The number of nitro benzene ring substituents is 1. The average molecular weight is 531 g/mol. The van der Waals surface area contributed by atoms with E-state index in [-0.39, 0.29) is 11.6 Å². The molecular weight excluding hydrogens is 518 g/mol. The molecule has 1 aromatic heterocycles. The van der Waals surface area contributed by atoms with Crippen LogP contribution in [0.2, 0.25) is 0 Å². The number of carbonyl (C=O) groups excluding carboxylic acids is 1. The molecule has 2 aromatic carbocycles. The topological polar surface area (TPSA) is 89.0 Å². The van der Waals surface area contributed by atoms with E-state index in [4.69, 9.17) is 4.42 Å². The first-order valence-corrected chi connectivity index (χ1v) is 10.3. The third-order valence-corrected chi connectivity index (χ3v) is 5.66. The summed E-state index contributed by atoms with van der Waals surface area (Å²) in [6.45, 7) is 1.76. The number of rotatable bonds is 4. The lowest BCUT2D eigenvalue weighted by Crippen LogP contribution is -2.21. The molecule has 1 amide bonds. The van der Waals surface area contributed by atoms with Gasteiger partial charge in [-0.05, 0) is 71.4 Å². The van der Waals surface area contributed by atoms with Gasteiger partial charge in [0.05, 0.1) is 21.9 Å². The fourth-order valence-corrected chi connectivity index (χ4v) is 3.80. The number of halogens is 2. The highest BCUT2D eigenvalue weighted by Crippen LogP contribution is 2.33. The van der Waals surface area contributed by atoms with Crippen molar-refractivity contribution in [2.45, 2.75) is 6.92 Å². The SMILES string of the molecule is CC1=NN(c2ccc(Br)cc2)C(=O)C1=Cc1ccc(-c2ccc([N+](=O)[O-])cc2Br)o1. The minimum Gasteiger partial charge on any atom is -0.457 e. The monoisotopic (exact) mass is 529 g/mol. The largest absolute Gasteiger partial charge is 0.457 e. The van der Waals surface area contributed by atoms with Gasteiger partial charge in [-0.3, -0.25) is 14.9 Å². The fourth-order valence-electron chi connectivity index (χ4n) is 2.98. The Hall–Kier alpha value is -3.04. The highest BCUT2D eigenvalue weighted by molar-refractivity contribution is 9.10. The third kappa shape index (κ3) is 3.86. The summed E-state index contributed by atoms with van der Waals surface area (Å²) in [5.74, 6) is 0.753. The molecule has 0 saturated carbocycles. The standard InChI is InChI=1S/C21H13Br2N3O4/c1-12-18(21(27)25(24-12)14-4-2-13(22)3-5-14)11-16-7-9-20(30-16)17-8-6-15(26(28)29)10-19(17)23/h2-11H,1H3. The smallest absolute Gasteiger partial charge is 0.280 e. The van der Waals surface area contributed by atoms with Gasteiger partial charge in [0.1, 0.15) is 11.5 Å². The second kappa shape index (κ2) is 8.00. The van der Waals surface area contributed by atoms with Crippen molar-refractivity contribution in [2.24, 2.45) is 5.10 Å². The number of hydrazone groups is 1. The maximum Gasteiger partial charge on any atom is 0.280 e. The number of hydrogen-bond acceptors (Lipinski definition) is 5. The summed E-state index contributed by atoms with van der Waals surface area (Å²) in [5.41, 5.74) is 2.33. The number of nitro groups is 1. The van der Waals surface area contributed by atoms with E-state index in [1.165, 1.54) is 17.1 Å². The second-order valence-electron chi connectivity index (χ2n) is 6.46. The zero-order valence-electron chi connectivity index (χ0n) is 15.5. The molecule has 2 heterocycles. The molecule has 0 aliphatic carbocycles. The minimum absolute atomic E-state index is 0.0176. The summed E-state index contributed by atoms with van der Waals surface area (Å²) in [5, 5.41) is 16.6. The van der Waals surface area contributed by atoms with Crippen LogP contribution in [0.25, 0.3) is 17.4 Å². The summed E-state index contributed by atoms with van der Waals surface area (Å²) in [6.07, 6.45) is 1.64. The van der Waals surface area contributed by atoms with E-state index < -0.39 is 4.92 Å². The van der Waals surface area contributed by atoms with Crippen molar-refractivity contribution in [3.63, 3.8) is 0 Å². The Balaban J connectivity index is 1.61. The molecule has 0 unspecified atom stereocenters. The molecule has 30 heavy (non-hydrogen) atoms. The van der Waals surface area contributed by atoms with E-state index >= 15 is 0 Å². The zero-order valence-corrected chi connectivity index (χ0v) is 18.7. The van der Waals surface area contributed by atoms with Crippen LogP contribution in [0.15, 0.2) is 78.6 Å². The number of benzene rings is 2. The van der Waals surface area contributed by atoms with Gasteiger partial charge in [-0.15, -0.1) is 0 Å². The number of carbonyl (C=O) groups is 1. The Morgan fingerprint density at radius 3 is 2.50 bits per heavy atom. The normalized spacial score (nSPS) is 15.0. The van der Waals surface area contributed by atoms with E-state index in [9.17, 15) is 14.9 Å². The number of furan rings is 1. The number of amides is 1. The highest BCUT2D eigenvalue weighted by atomic mass is 79.9. The summed E-state index contributed by atoms with van der Waals surface area (Å²) in [7, 11) is 0. The van der Waals surface area contributed by atoms with Crippen molar-refractivity contribution in [2.75, 3.05) is 5.01 Å². The Labute approximate surface area is 188 Å². The summed E-state index contributed by atoms with van der Waals surface area (Å²) < 4.78 is 7.31. The van der Waals surface area contributed by atoms with Crippen LogP contribution in [0, 0.1) is 10.1 Å². The molecule has 0 bridgehead atoms. The van der Waals surface area contributed by atoms with Crippen LogP contribution in [-0.2, 0) is 4.79 Å². The van der Waals surface area contributed by atoms with Crippen molar-refractivity contribution in [1.29, 1.82) is 0 Å². The molecule has 3 aromatic rings. The fraction of sp³-hybridized carbons (Fsp3) is 0.0476. The number of anilines is 1. The predicted octanol–water partition coefficient (Wildman–Crippen LogP) is 6.19. The van der Waals surface area contributed by atoms with Gasteiger partial charge in [-0.25, -0.2) is 0 Å². The van der Waals surface area contributed by atoms with Crippen LogP contribution >= 0.6 is 31.9 Å². The second-order valence-corrected chi connectivity index (χ2v) is 8.23. The Bertz CT molecular complexity index is 1230. The van der Waals surface area contributed by atoms with Crippen LogP contribution in [0.5, 0.6) is 0 Å². The van der Waals surface area contributed by atoms with Crippen molar-refractivity contribution in [1.82, 2.24) is 0 Å². The molecule has 0 atom stereocenters. The zero-order chi connectivity index (χ0) is 21.4. The van der Waals surface area contributed by atoms with Gasteiger partial charge in [0.25, 0.3) is 11.6 Å².